The molecule has 0 aromatic carbocycles. The van der Waals surface area contributed by atoms with E-state index in [9.17, 15) is 9.59 Å². The fourth-order valence-electron chi connectivity index (χ4n) is 3.10. The van der Waals surface area contributed by atoms with Crippen molar-refractivity contribution in [3.8, 4) is 0 Å². The summed E-state index contributed by atoms with van der Waals surface area (Å²) in [5.74, 6) is 0.777. The first-order chi connectivity index (χ1) is 11.8. The molecule has 1 saturated heterocycles. The summed E-state index contributed by atoms with van der Waals surface area (Å²) in [4.78, 5) is 26.3. The van der Waals surface area contributed by atoms with Gasteiger partial charge in [-0.2, -0.15) is 0 Å². The van der Waals surface area contributed by atoms with Crippen molar-refractivity contribution in [3.05, 3.63) is 12.2 Å². The molecule has 1 aromatic heterocycles. The Morgan fingerprint density at radius 2 is 2.08 bits per heavy atom. The molecule has 1 N–H and O–H groups in total. The first-order valence-corrected chi connectivity index (χ1v) is 9.01. The minimum absolute atomic E-state index is 0.124. The second-order valence-electron chi connectivity index (χ2n) is 7.76. The van der Waals surface area contributed by atoms with Gasteiger partial charge in [-0.15, -0.1) is 10.2 Å². The number of nitrogens with one attached hydrogen (secondary N) is 1. The topological polar surface area (TPSA) is 89.3 Å². The highest BCUT2D eigenvalue weighted by molar-refractivity contribution is 5.86. The molecule has 0 unspecified atom stereocenters. The first-order valence-electron chi connectivity index (χ1n) is 9.01. The smallest absolute Gasteiger partial charge is 0.410 e. The molecule has 2 amide bonds. The van der Waals surface area contributed by atoms with Crippen LogP contribution in [0.25, 0.3) is 0 Å². The van der Waals surface area contributed by atoms with Crippen LogP contribution in [0.4, 0.5) is 4.79 Å². The van der Waals surface area contributed by atoms with Crippen molar-refractivity contribution >= 4 is 12.0 Å². The van der Waals surface area contributed by atoms with Crippen LogP contribution in [-0.2, 0) is 16.0 Å². The minimum atomic E-state index is -0.562. The number of aromatic nitrogens is 3. The average Bonchev–Trinajstić information content (AvgIpc) is 3.07. The lowest BCUT2D eigenvalue weighted by atomic mass is 10.2. The average molecular weight is 349 g/mol. The van der Waals surface area contributed by atoms with Gasteiger partial charge < -0.3 is 14.6 Å². The van der Waals surface area contributed by atoms with Gasteiger partial charge in [0.15, 0.2) is 0 Å². The van der Waals surface area contributed by atoms with Crippen molar-refractivity contribution in [1.29, 1.82) is 0 Å². The number of hydrogen-bond acceptors (Lipinski definition) is 5. The zero-order valence-corrected chi connectivity index (χ0v) is 15.2. The first kappa shape index (κ1) is 17.7. The maximum Gasteiger partial charge on any atom is 0.410 e. The van der Waals surface area contributed by atoms with Crippen LogP contribution in [-0.4, -0.2) is 56.4 Å². The van der Waals surface area contributed by atoms with Gasteiger partial charge in [-0.05, 0) is 46.5 Å². The Bertz CT molecular complexity index is 632. The molecule has 3 rings (SSSR count). The third kappa shape index (κ3) is 4.49. The number of carbonyl (C=O) groups is 2. The third-order valence-corrected chi connectivity index (χ3v) is 4.42. The van der Waals surface area contributed by atoms with Crippen LogP contribution in [0, 0.1) is 0 Å². The molecule has 0 radical (unpaired) electrons. The predicted molar refractivity (Wildman–Crippen MR) is 91.0 cm³/mol. The number of hydrogen-bond donors (Lipinski definition) is 1. The van der Waals surface area contributed by atoms with Gasteiger partial charge in [0.2, 0.25) is 5.91 Å². The molecule has 138 valence electrons. The second-order valence-corrected chi connectivity index (χ2v) is 7.76. The number of nitrogens with zero attached hydrogens (tertiary/aromatic N) is 4. The fraction of sp³-hybridized carbons (Fsp3) is 0.765. The van der Waals surface area contributed by atoms with Crippen LogP contribution >= 0.6 is 0 Å². The molecule has 1 aliphatic carbocycles. The molecule has 1 aliphatic heterocycles. The van der Waals surface area contributed by atoms with E-state index in [2.05, 4.69) is 20.1 Å². The summed E-state index contributed by atoms with van der Waals surface area (Å²) in [6, 6.07) is 0.0781. The number of likely N-dealkylation sites (tertiary alicyclic amines) is 1. The Labute approximate surface area is 147 Å². The van der Waals surface area contributed by atoms with Gasteiger partial charge in [-0.1, -0.05) is 0 Å². The van der Waals surface area contributed by atoms with Crippen LogP contribution in [0.5, 0.6) is 0 Å². The van der Waals surface area contributed by atoms with Crippen molar-refractivity contribution in [3.63, 3.8) is 0 Å². The Morgan fingerprint density at radius 1 is 1.32 bits per heavy atom. The summed E-state index contributed by atoms with van der Waals surface area (Å²) in [6.45, 7) is 6.52. The highest BCUT2D eigenvalue weighted by Crippen LogP contribution is 2.35. The van der Waals surface area contributed by atoms with E-state index in [4.69, 9.17) is 4.74 Å². The van der Waals surface area contributed by atoms with Crippen molar-refractivity contribution < 1.29 is 14.3 Å². The van der Waals surface area contributed by atoms with E-state index in [1.807, 2.05) is 20.8 Å². The molecule has 0 bridgehead atoms. The van der Waals surface area contributed by atoms with Crippen LogP contribution in [0.3, 0.4) is 0 Å². The molecule has 1 aromatic rings. The molecule has 2 fully saturated rings. The van der Waals surface area contributed by atoms with Gasteiger partial charge >= 0.3 is 6.09 Å². The zero-order valence-electron chi connectivity index (χ0n) is 15.2. The Balaban J connectivity index is 1.50. The lowest BCUT2D eigenvalue weighted by Gasteiger charge is -2.28. The molecule has 8 nitrogen and oxygen atoms in total. The van der Waals surface area contributed by atoms with Crippen LogP contribution in [0.1, 0.15) is 58.3 Å². The molecule has 2 heterocycles. The molecule has 1 atom stereocenters. The molecule has 1 saturated carbocycles. The van der Waals surface area contributed by atoms with Gasteiger partial charge in [0.25, 0.3) is 0 Å². The summed E-state index contributed by atoms with van der Waals surface area (Å²) in [5, 5.41) is 11.0. The van der Waals surface area contributed by atoms with Gasteiger partial charge in [0.05, 0.1) is 0 Å². The van der Waals surface area contributed by atoms with Crippen LogP contribution < -0.4 is 5.32 Å². The van der Waals surface area contributed by atoms with Crippen molar-refractivity contribution in [2.75, 3.05) is 13.1 Å². The SMILES string of the molecule is CC(C)(C)OC(=O)N1CCC[C@H]1C(=O)NCCc1nncn1C1CC1. The summed E-state index contributed by atoms with van der Waals surface area (Å²) < 4.78 is 7.49. The lowest BCUT2D eigenvalue weighted by molar-refractivity contribution is -0.125. The van der Waals surface area contributed by atoms with E-state index in [1.165, 1.54) is 17.7 Å². The van der Waals surface area contributed by atoms with E-state index >= 15 is 0 Å². The molecule has 0 spiro atoms. The highest BCUT2D eigenvalue weighted by Gasteiger charge is 2.36. The molecule has 25 heavy (non-hydrogen) atoms. The number of ether oxygens (including phenoxy) is 1. The predicted octanol–water partition coefficient (Wildman–Crippen LogP) is 1.67. The summed E-state index contributed by atoms with van der Waals surface area (Å²) in [6.07, 6.45) is 5.81. The third-order valence-electron chi connectivity index (χ3n) is 4.42. The molecule has 8 heteroatoms. The minimum Gasteiger partial charge on any atom is -0.444 e. The summed E-state index contributed by atoms with van der Waals surface area (Å²) in [7, 11) is 0. The highest BCUT2D eigenvalue weighted by atomic mass is 16.6. The number of carbonyl (C=O) groups excluding carboxylic acids is 2. The monoisotopic (exact) mass is 349 g/mol. The Morgan fingerprint density at radius 3 is 2.76 bits per heavy atom. The van der Waals surface area contributed by atoms with Crippen molar-refractivity contribution in [1.82, 2.24) is 25.0 Å². The Kier molecular flexibility index (Phi) is 4.96. The van der Waals surface area contributed by atoms with Crippen LogP contribution in [0.15, 0.2) is 6.33 Å². The van der Waals surface area contributed by atoms with E-state index in [1.54, 1.807) is 6.33 Å². The van der Waals surface area contributed by atoms with E-state index in [0.717, 1.165) is 12.2 Å². The Hall–Kier alpha value is -2.12. The van der Waals surface area contributed by atoms with Gasteiger partial charge in [0.1, 0.15) is 23.8 Å². The van der Waals surface area contributed by atoms with E-state index in [-0.39, 0.29) is 5.91 Å². The maximum atomic E-state index is 12.5. The lowest BCUT2D eigenvalue weighted by Crippen LogP contribution is -2.47. The maximum absolute atomic E-state index is 12.5. The summed E-state index contributed by atoms with van der Waals surface area (Å²) >= 11 is 0. The van der Waals surface area contributed by atoms with Gasteiger partial charge in [-0.3, -0.25) is 9.69 Å². The largest absolute Gasteiger partial charge is 0.444 e. The molecule has 2 aliphatic rings. The zero-order chi connectivity index (χ0) is 18.0. The van der Waals surface area contributed by atoms with E-state index < -0.39 is 17.7 Å². The number of amides is 2. The molecular weight excluding hydrogens is 322 g/mol. The fourth-order valence-corrected chi connectivity index (χ4v) is 3.10. The standard InChI is InChI=1S/C17H27N5O3/c1-17(2,3)25-16(24)21-10-4-5-13(21)15(23)18-9-8-14-20-19-11-22(14)12-6-7-12/h11-13H,4-10H2,1-3H3,(H,18,23)/t13-/m0/s1. The summed E-state index contributed by atoms with van der Waals surface area (Å²) in [5.41, 5.74) is -0.562. The second kappa shape index (κ2) is 7.01. The number of rotatable bonds is 5. The van der Waals surface area contributed by atoms with Gasteiger partial charge in [0, 0.05) is 25.6 Å². The van der Waals surface area contributed by atoms with Crippen molar-refractivity contribution in [2.24, 2.45) is 0 Å². The van der Waals surface area contributed by atoms with E-state index in [0.29, 0.717) is 32.0 Å². The molecular formula is C17H27N5O3. The quantitative estimate of drug-likeness (QED) is 0.873. The van der Waals surface area contributed by atoms with Crippen molar-refractivity contribution in [2.45, 2.75) is 70.6 Å². The van der Waals surface area contributed by atoms with Crippen LogP contribution in [0.2, 0.25) is 0 Å². The van der Waals surface area contributed by atoms with Gasteiger partial charge in [-0.25, -0.2) is 4.79 Å². The normalized spacial score (nSPS) is 20.6.